The van der Waals surface area contributed by atoms with Crippen LogP contribution in [0.25, 0.3) is 0 Å². The fraction of sp³-hybridized carbons (Fsp3) is 0.810. The molecule has 0 nitrogen and oxygen atoms in total. The maximum absolute atomic E-state index is 4.15. The molecule has 2 rings (SSSR count). The van der Waals surface area contributed by atoms with Gasteiger partial charge < -0.3 is 0 Å². The second kappa shape index (κ2) is 8.20. The van der Waals surface area contributed by atoms with Crippen LogP contribution >= 0.6 is 0 Å². The summed E-state index contributed by atoms with van der Waals surface area (Å²) < 4.78 is 0. The van der Waals surface area contributed by atoms with E-state index in [9.17, 15) is 0 Å². The molecule has 2 saturated carbocycles. The Bertz CT molecular complexity index is 326. The van der Waals surface area contributed by atoms with E-state index in [2.05, 4.69) is 38.7 Å². The van der Waals surface area contributed by atoms with E-state index in [-0.39, 0.29) is 0 Å². The molecule has 21 heavy (non-hydrogen) atoms. The summed E-state index contributed by atoms with van der Waals surface area (Å²) in [6, 6.07) is 0. The van der Waals surface area contributed by atoms with Gasteiger partial charge in [-0.2, -0.15) is 0 Å². The lowest BCUT2D eigenvalue weighted by Gasteiger charge is -2.10. The molecule has 0 heteroatoms. The third-order valence-electron chi connectivity index (χ3n) is 6.02. The van der Waals surface area contributed by atoms with Crippen LogP contribution in [0.2, 0.25) is 0 Å². The second-order valence-corrected chi connectivity index (χ2v) is 7.59. The Hall–Kier alpha value is -0.520. The smallest absolute Gasteiger partial charge is 0.0121 e. The molecule has 120 valence electrons. The topological polar surface area (TPSA) is 0 Å². The SMILES string of the molecule is C=CC1(C=CC(C)CCCCCCCC)C2CCCCC21. The first-order chi connectivity index (χ1) is 10.2. The first kappa shape index (κ1) is 16.8. The van der Waals surface area contributed by atoms with Gasteiger partial charge in [-0.25, -0.2) is 0 Å². The van der Waals surface area contributed by atoms with Gasteiger partial charge >= 0.3 is 0 Å². The zero-order chi connectivity index (χ0) is 15.1. The number of unbranched alkanes of at least 4 members (excludes halogenated alkanes) is 5. The molecule has 0 bridgehead atoms. The third-order valence-corrected chi connectivity index (χ3v) is 6.02. The molecule has 0 amide bonds. The van der Waals surface area contributed by atoms with Gasteiger partial charge in [-0.05, 0) is 37.0 Å². The molecule has 0 heterocycles. The molecule has 3 unspecified atom stereocenters. The van der Waals surface area contributed by atoms with Crippen molar-refractivity contribution in [2.45, 2.75) is 84.5 Å². The maximum Gasteiger partial charge on any atom is 0.0121 e. The zero-order valence-corrected chi connectivity index (χ0v) is 14.4. The molecule has 0 saturated heterocycles. The zero-order valence-electron chi connectivity index (χ0n) is 14.4. The van der Waals surface area contributed by atoms with Gasteiger partial charge in [0, 0.05) is 5.41 Å². The summed E-state index contributed by atoms with van der Waals surface area (Å²) in [6.45, 7) is 8.83. The fourth-order valence-corrected chi connectivity index (χ4v) is 4.51. The number of hydrogen-bond acceptors (Lipinski definition) is 0. The molecule has 2 fully saturated rings. The number of fused-ring (bicyclic) bond motifs is 1. The van der Waals surface area contributed by atoms with Gasteiger partial charge in [0.25, 0.3) is 0 Å². The lowest BCUT2D eigenvalue weighted by Crippen LogP contribution is -1.98. The van der Waals surface area contributed by atoms with Crippen molar-refractivity contribution in [2.24, 2.45) is 23.2 Å². The van der Waals surface area contributed by atoms with E-state index in [1.165, 1.54) is 70.6 Å². The van der Waals surface area contributed by atoms with Crippen molar-refractivity contribution in [2.75, 3.05) is 0 Å². The predicted molar refractivity (Wildman–Crippen MR) is 94.4 cm³/mol. The molecule has 0 radical (unpaired) electrons. The largest absolute Gasteiger partial charge is 0.102 e. The van der Waals surface area contributed by atoms with Crippen LogP contribution in [0, 0.1) is 23.2 Å². The average Bonchev–Trinajstić information content (AvgIpc) is 3.17. The Morgan fingerprint density at radius 1 is 1.05 bits per heavy atom. The van der Waals surface area contributed by atoms with Gasteiger partial charge in [0.1, 0.15) is 0 Å². The molecule has 0 aromatic carbocycles. The highest BCUT2D eigenvalue weighted by atomic mass is 14.6. The highest BCUT2D eigenvalue weighted by Gasteiger charge is 2.60. The Balaban J connectivity index is 1.67. The minimum Gasteiger partial charge on any atom is -0.102 e. The Morgan fingerprint density at radius 3 is 2.29 bits per heavy atom. The normalized spacial score (nSPS) is 32.9. The van der Waals surface area contributed by atoms with Crippen molar-refractivity contribution in [1.29, 1.82) is 0 Å². The molecule has 0 aromatic heterocycles. The van der Waals surface area contributed by atoms with Crippen molar-refractivity contribution < 1.29 is 0 Å². The van der Waals surface area contributed by atoms with Gasteiger partial charge in [0.05, 0.1) is 0 Å². The van der Waals surface area contributed by atoms with E-state index in [4.69, 9.17) is 0 Å². The molecule has 2 aliphatic rings. The maximum atomic E-state index is 4.15. The van der Waals surface area contributed by atoms with Crippen LogP contribution in [0.3, 0.4) is 0 Å². The monoisotopic (exact) mass is 288 g/mol. The summed E-state index contributed by atoms with van der Waals surface area (Å²) in [7, 11) is 0. The molecule has 0 spiro atoms. The minimum absolute atomic E-state index is 0.395. The summed E-state index contributed by atoms with van der Waals surface area (Å²) in [6.07, 6.45) is 22.9. The van der Waals surface area contributed by atoms with Crippen LogP contribution in [0.1, 0.15) is 84.5 Å². The van der Waals surface area contributed by atoms with Crippen molar-refractivity contribution >= 4 is 0 Å². The molecule has 0 aliphatic heterocycles. The van der Waals surface area contributed by atoms with Crippen molar-refractivity contribution in [3.05, 3.63) is 24.8 Å². The number of allylic oxidation sites excluding steroid dienone is 3. The van der Waals surface area contributed by atoms with Crippen LogP contribution in [0.4, 0.5) is 0 Å². The van der Waals surface area contributed by atoms with E-state index < -0.39 is 0 Å². The standard InChI is InChI=1S/C21H36/c1-4-6-7-8-9-10-13-18(3)16-17-21(5-2)19-14-11-12-15-20(19)21/h5,16-20H,2,4,6-15H2,1,3H3. The predicted octanol–water partition coefficient (Wildman–Crippen LogP) is 6.92. The number of rotatable bonds is 10. The van der Waals surface area contributed by atoms with Crippen molar-refractivity contribution in [3.63, 3.8) is 0 Å². The quantitative estimate of drug-likeness (QED) is 0.302. The minimum atomic E-state index is 0.395. The van der Waals surface area contributed by atoms with E-state index in [0.29, 0.717) is 5.41 Å². The van der Waals surface area contributed by atoms with E-state index >= 15 is 0 Å². The highest BCUT2D eigenvalue weighted by Crippen LogP contribution is 2.67. The molecular formula is C21H36. The molecule has 2 aliphatic carbocycles. The van der Waals surface area contributed by atoms with Crippen LogP contribution in [-0.4, -0.2) is 0 Å². The van der Waals surface area contributed by atoms with Crippen LogP contribution < -0.4 is 0 Å². The highest BCUT2D eigenvalue weighted by molar-refractivity contribution is 5.28. The lowest BCUT2D eigenvalue weighted by molar-refractivity contribution is 0.480. The second-order valence-electron chi connectivity index (χ2n) is 7.59. The Labute approximate surface area is 133 Å². The summed E-state index contributed by atoms with van der Waals surface area (Å²) in [5, 5.41) is 0. The summed E-state index contributed by atoms with van der Waals surface area (Å²) >= 11 is 0. The fourth-order valence-electron chi connectivity index (χ4n) is 4.51. The summed E-state index contributed by atoms with van der Waals surface area (Å²) in [4.78, 5) is 0. The summed E-state index contributed by atoms with van der Waals surface area (Å²) in [5.41, 5.74) is 0.395. The van der Waals surface area contributed by atoms with Gasteiger partial charge in [-0.1, -0.05) is 83.4 Å². The van der Waals surface area contributed by atoms with Crippen LogP contribution in [0.5, 0.6) is 0 Å². The first-order valence-electron chi connectivity index (χ1n) is 9.57. The van der Waals surface area contributed by atoms with Crippen LogP contribution in [0.15, 0.2) is 24.8 Å². The average molecular weight is 289 g/mol. The Kier molecular flexibility index (Phi) is 6.58. The molecule has 0 N–H and O–H groups in total. The van der Waals surface area contributed by atoms with Crippen LogP contribution in [-0.2, 0) is 0 Å². The van der Waals surface area contributed by atoms with Gasteiger partial charge in [0.2, 0.25) is 0 Å². The first-order valence-corrected chi connectivity index (χ1v) is 9.57. The lowest BCUT2D eigenvalue weighted by atomic mass is 9.95. The Morgan fingerprint density at radius 2 is 1.67 bits per heavy atom. The van der Waals surface area contributed by atoms with Gasteiger partial charge in [0.15, 0.2) is 0 Å². The van der Waals surface area contributed by atoms with E-state index in [0.717, 1.165) is 17.8 Å². The molecule has 0 aromatic rings. The van der Waals surface area contributed by atoms with Crippen molar-refractivity contribution in [1.82, 2.24) is 0 Å². The third kappa shape index (κ3) is 4.24. The van der Waals surface area contributed by atoms with E-state index in [1.54, 1.807) is 0 Å². The van der Waals surface area contributed by atoms with E-state index in [1.807, 2.05) is 0 Å². The molecule has 3 atom stereocenters. The number of hydrogen-bond donors (Lipinski definition) is 0. The van der Waals surface area contributed by atoms with Crippen molar-refractivity contribution in [3.8, 4) is 0 Å². The van der Waals surface area contributed by atoms with Gasteiger partial charge in [-0.15, -0.1) is 6.58 Å². The summed E-state index contributed by atoms with van der Waals surface area (Å²) in [5.74, 6) is 2.61. The van der Waals surface area contributed by atoms with Gasteiger partial charge in [-0.3, -0.25) is 0 Å². The molecular weight excluding hydrogens is 252 g/mol.